The van der Waals surface area contributed by atoms with Crippen molar-refractivity contribution in [3.8, 4) is 11.3 Å². The first-order chi connectivity index (χ1) is 15.0. The largest absolute Gasteiger partial charge is 0.396 e. The molecule has 1 aromatic carbocycles. The molecule has 0 spiro atoms. The smallest absolute Gasteiger partial charge is 0.327 e. The summed E-state index contributed by atoms with van der Waals surface area (Å²) in [5.41, 5.74) is 8.17. The maximum absolute atomic E-state index is 14.1. The number of anilines is 3. The van der Waals surface area contributed by atoms with Crippen LogP contribution in [-0.4, -0.2) is 22.0 Å². The van der Waals surface area contributed by atoms with Gasteiger partial charge in [-0.3, -0.25) is 9.88 Å². The number of benzene rings is 1. The Morgan fingerprint density at radius 2 is 1.97 bits per heavy atom. The van der Waals surface area contributed by atoms with Crippen LogP contribution in [-0.2, 0) is 0 Å². The number of nitrogens with one attached hydrogen (secondary N) is 1. The molecule has 31 heavy (non-hydrogen) atoms. The van der Waals surface area contributed by atoms with Crippen LogP contribution in [0.4, 0.5) is 26.4 Å². The number of nitrogens with two attached hydrogens (primary N) is 1. The van der Waals surface area contributed by atoms with Crippen molar-refractivity contribution in [2.75, 3.05) is 16.0 Å². The summed E-state index contributed by atoms with van der Waals surface area (Å²) in [6, 6.07) is 11.7. The highest BCUT2D eigenvalue weighted by atomic mass is 35.5. The summed E-state index contributed by atoms with van der Waals surface area (Å²) in [5.74, 6) is -0.246. The molecular weight excluding hydrogens is 417 g/mol. The number of aromatic nitrogens is 2. The zero-order valence-corrected chi connectivity index (χ0v) is 17.6. The molecule has 8 heteroatoms. The molecule has 0 unspecified atom stereocenters. The van der Waals surface area contributed by atoms with E-state index in [2.05, 4.69) is 10.3 Å². The van der Waals surface area contributed by atoms with Crippen LogP contribution < -0.4 is 16.0 Å². The molecule has 2 amide bonds. The van der Waals surface area contributed by atoms with Gasteiger partial charge in [0.1, 0.15) is 0 Å². The predicted molar refractivity (Wildman–Crippen MR) is 122 cm³/mol. The van der Waals surface area contributed by atoms with Gasteiger partial charge in [-0.2, -0.15) is 0 Å². The second-order valence-corrected chi connectivity index (χ2v) is 8.00. The molecule has 2 heterocycles. The summed E-state index contributed by atoms with van der Waals surface area (Å²) in [7, 11) is 0. The predicted octanol–water partition coefficient (Wildman–Crippen LogP) is 5.89. The molecule has 0 aliphatic heterocycles. The first-order valence-electron chi connectivity index (χ1n) is 10.2. The van der Waals surface area contributed by atoms with Crippen LogP contribution in [0.25, 0.3) is 11.3 Å². The molecule has 6 nitrogen and oxygen atoms in total. The average molecular weight is 440 g/mol. The van der Waals surface area contributed by atoms with Crippen molar-refractivity contribution in [3.63, 3.8) is 0 Å². The molecule has 0 bridgehead atoms. The number of pyridine rings is 2. The number of amides is 2. The molecule has 1 saturated carbocycles. The van der Waals surface area contributed by atoms with E-state index >= 15 is 0 Å². The van der Waals surface area contributed by atoms with Gasteiger partial charge < -0.3 is 11.1 Å². The Kier molecular flexibility index (Phi) is 6.32. The summed E-state index contributed by atoms with van der Waals surface area (Å²) in [4.78, 5) is 23.3. The van der Waals surface area contributed by atoms with E-state index in [1.807, 2.05) is 12.1 Å². The Balaban J connectivity index is 1.73. The molecule has 1 aliphatic rings. The van der Waals surface area contributed by atoms with Gasteiger partial charge >= 0.3 is 6.03 Å². The molecule has 0 saturated heterocycles. The van der Waals surface area contributed by atoms with Gasteiger partial charge in [-0.05, 0) is 43.2 Å². The molecular formula is C23H23ClFN5O. The maximum atomic E-state index is 14.1. The minimum atomic E-state index is -0.604. The van der Waals surface area contributed by atoms with Crippen molar-refractivity contribution in [1.82, 2.24) is 9.97 Å². The molecule has 160 valence electrons. The number of halogens is 2. The van der Waals surface area contributed by atoms with Crippen molar-refractivity contribution in [2.45, 2.75) is 38.1 Å². The molecule has 1 aliphatic carbocycles. The summed E-state index contributed by atoms with van der Waals surface area (Å²) < 4.78 is 14.1. The van der Waals surface area contributed by atoms with Gasteiger partial charge in [0.25, 0.3) is 0 Å². The van der Waals surface area contributed by atoms with Crippen LogP contribution >= 0.6 is 11.6 Å². The Hall–Kier alpha value is -3.19. The van der Waals surface area contributed by atoms with Crippen molar-refractivity contribution >= 4 is 34.8 Å². The third-order valence-corrected chi connectivity index (χ3v) is 5.66. The fraction of sp³-hybridized carbons (Fsp3) is 0.261. The molecule has 1 fully saturated rings. The normalized spacial score (nSPS) is 14.3. The Morgan fingerprint density at radius 1 is 1.16 bits per heavy atom. The number of urea groups is 1. The quantitative estimate of drug-likeness (QED) is 0.530. The van der Waals surface area contributed by atoms with E-state index in [0.29, 0.717) is 22.2 Å². The first kappa shape index (κ1) is 21.1. The van der Waals surface area contributed by atoms with E-state index < -0.39 is 11.8 Å². The number of hydrogen-bond acceptors (Lipinski definition) is 4. The van der Waals surface area contributed by atoms with Gasteiger partial charge in [0, 0.05) is 22.8 Å². The van der Waals surface area contributed by atoms with E-state index in [4.69, 9.17) is 22.3 Å². The number of rotatable bonds is 4. The molecule has 0 radical (unpaired) electrons. The fourth-order valence-electron chi connectivity index (χ4n) is 3.89. The van der Waals surface area contributed by atoms with E-state index in [9.17, 15) is 9.18 Å². The van der Waals surface area contributed by atoms with E-state index in [0.717, 1.165) is 43.9 Å². The lowest BCUT2D eigenvalue weighted by molar-refractivity contribution is 0.252. The van der Waals surface area contributed by atoms with Crippen molar-refractivity contribution in [2.24, 2.45) is 0 Å². The summed E-state index contributed by atoms with van der Waals surface area (Å²) >= 11 is 6.14. The van der Waals surface area contributed by atoms with Gasteiger partial charge in [0.2, 0.25) is 0 Å². The number of nitrogens with zero attached hydrogens (tertiary/aromatic N) is 3. The lowest BCUT2D eigenvalue weighted by Crippen LogP contribution is -2.45. The van der Waals surface area contributed by atoms with Gasteiger partial charge in [-0.25, -0.2) is 14.2 Å². The standard InChI is InChI=1S/C23H23ClFN5O/c24-16-6-4-5-15(13-16)20-10-9-19(26)22(28-20)30(17-7-2-1-3-8-17)23(31)29-21-11-12-27-14-18(21)25/h4-6,9-14,17H,1-3,7-8,26H2,(H,27,29,31). The number of nitrogen functional groups attached to an aromatic ring is 1. The first-order valence-corrected chi connectivity index (χ1v) is 10.6. The minimum absolute atomic E-state index is 0.0605. The summed E-state index contributed by atoms with van der Waals surface area (Å²) in [6.45, 7) is 0. The highest BCUT2D eigenvalue weighted by Crippen LogP contribution is 2.33. The van der Waals surface area contributed by atoms with Gasteiger partial charge in [0.15, 0.2) is 11.6 Å². The highest BCUT2D eigenvalue weighted by molar-refractivity contribution is 6.30. The van der Waals surface area contributed by atoms with Crippen LogP contribution in [0.1, 0.15) is 32.1 Å². The van der Waals surface area contributed by atoms with Crippen LogP contribution in [0.3, 0.4) is 0 Å². The number of carbonyl (C=O) groups is 1. The number of hydrogen-bond donors (Lipinski definition) is 2. The second-order valence-electron chi connectivity index (χ2n) is 7.57. The molecule has 0 atom stereocenters. The average Bonchev–Trinajstić information content (AvgIpc) is 2.77. The van der Waals surface area contributed by atoms with Crippen molar-refractivity contribution in [1.29, 1.82) is 0 Å². The summed E-state index contributed by atoms with van der Waals surface area (Å²) in [5, 5.41) is 3.25. The van der Waals surface area contributed by atoms with Crippen LogP contribution in [0, 0.1) is 5.82 Å². The lowest BCUT2D eigenvalue weighted by Gasteiger charge is -2.34. The Bertz CT molecular complexity index is 1090. The van der Waals surface area contributed by atoms with Crippen LogP contribution in [0.5, 0.6) is 0 Å². The monoisotopic (exact) mass is 439 g/mol. The lowest BCUT2D eigenvalue weighted by atomic mass is 9.94. The van der Waals surface area contributed by atoms with Crippen LogP contribution in [0.15, 0.2) is 54.9 Å². The molecule has 3 aromatic rings. The van der Waals surface area contributed by atoms with Gasteiger partial charge in [-0.15, -0.1) is 0 Å². The third-order valence-electron chi connectivity index (χ3n) is 5.43. The van der Waals surface area contributed by atoms with Crippen molar-refractivity contribution in [3.05, 3.63) is 65.7 Å². The highest BCUT2D eigenvalue weighted by Gasteiger charge is 2.30. The zero-order valence-electron chi connectivity index (χ0n) is 16.9. The zero-order chi connectivity index (χ0) is 21.8. The minimum Gasteiger partial charge on any atom is -0.396 e. The summed E-state index contributed by atoms with van der Waals surface area (Å²) in [6.07, 6.45) is 7.28. The van der Waals surface area contributed by atoms with Gasteiger partial charge in [0.05, 0.1) is 23.3 Å². The Labute approximate surface area is 185 Å². The molecule has 4 rings (SSSR count). The van der Waals surface area contributed by atoms with Crippen molar-refractivity contribution < 1.29 is 9.18 Å². The fourth-order valence-corrected chi connectivity index (χ4v) is 4.08. The second kappa shape index (κ2) is 9.31. The van der Waals surface area contributed by atoms with Crippen LogP contribution in [0.2, 0.25) is 5.02 Å². The van der Waals surface area contributed by atoms with E-state index in [1.54, 1.807) is 29.2 Å². The van der Waals surface area contributed by atoms with E-state index in [1.165, 1.54) is 12.3 Å². The number of carbonyl (C=O) groups excluding carboxylic acids is 1. The molecule has 2 aromatic heterocycles. The van der Waals surface area contributed by atoms with E-state index in [-0.39, 0.29) is 11.7 Å². The maximum Gasteiger partial charge on any atom is 0.327 e. The topological polar surface area (TPSA) is 84.1 Å². The third kappa shape index (κ3) is 4.77. The molecule has 3 N–H and O–H groups in total. The Morgan fingerprint density at radius 3 is 2.71 bits per heavy atom. The SMILES string of the molecule is Nc1ccc(-c2cccc(Cl)c2)nc1N(C(=O)Nc1ccncc1F)C1CCCCC1. The van der Waals surface area contributed by atoms with Gasteiger partial charge in [-0.1, -0.05) is 43.0 Å².